The van der Waals surface area contributed by atoms with Crippen LogP contribution in [0, 0.1) is 5.41 Å². The number of nitrogens with zero attached hydrogens (tertiary/aromatic N) is 1. The summed E-state index contributed by atoms with van der Waals surface area (Å²) in [4.78, 5) is 21.2. The van der Waals surface area contributed by atoms with Gasteiger partial charge in [-0.05, 0) is 19.4 Å². The second-order valence-electron chi connectivity index (χ2n) is 3.62. The summed E-state index contributed by atoms with van der Waals surface area (Å²) >= 11 is 0. The van der Waals surface area contributed by atoms with E-state index in [4.69, 9.17) is 21.4 Å². The van der Waals surface area contributed by atoms with Crippen molar-refractivity contribution in [2.45, 2.75) is 18.9 Å². The van der Waals surface area contributed by atoms with Crippen LogP contribution in [0.3, 0.4) is 0 Å². The van der Waals surface area contributed by atoms with Crippen molar-refractivity contribution in [1.82, 2.24) is 10.2 Å². The van der Waals surface area contributed by atoms with Crippen molar-refractivity contribution in [3.05, 3.63) is 0 Å². The van der Waals surface area contributed by atoms with E-state index in [-0.39, 0.29) is 18.5 Å². The van der Waals surface area contributed by atoms with Crippen LogP contribution >= 0.6 is 0 Å². The molecule has 0 saturated carbocycles. The Balaban J connectivity index is 0.000000302. The van der Waals surface area contributed by atoms with Gasteiger partial charge in [-0.2, -0.15) is 0 Å². The molecule has 0 radical (unpaired) electrons. The smallest absolute Gasteiger partial charge is 0.323 e. The van der Waals surface area contributed by atoms with E-state index >= 15 is 0 Å². The van der Waals surface area contributed by atoms with Gasteiger partial charge in [-0.25, -0.2) is 0 Å². The van der Waals surface area contributed by atoms with Gasteiger partial charge in [0.15, 0.2) is 5.96 Å². The van der Waals surface area contributed by atoms with E-state index in [0.717, 1.165) is 24.3 Å². The molecule has 98 valence electrons. The molecule has 1 fully saturated rings. The fourth-order valence-electron chi connectivity index (χ4n) is 1.18. The van der Waals surface area contributed by atoms with E-state index in [1.165, 1.54) is 7.05 Å². The summed E-state index contributed by atoms with van der Waals surface area (Å²) in [6, 6.07) is -0.269. The van der Waals surface area contributed by atoms with Gasteiger partial charge in [0, 0.05) is 7.05 Å². The molecule has 0 unspecified atom stereocenters. The average Bonchev–Trinajstić information content (AvgIpc) is 2.69. The quantitative estimate of drug-likeness (QED) is 0.308. The standard InChI is InChI=1S/C5H9NO2.C4H9N3O2/c7-5(8)4-2-1-3-6-4;1-7(4(5)6)2-3(8)9/h4,6H,1-3H2,(H,7,8);2H2,1H3,(H3,5,6)(H,8,9)/t4-;/m0./s1. The number of nitrogens with two attached hydrogens (primary N) is 1. The van der Waals surface area contributed by atoms with Gasteiger partial charge < -0.3 is 26.2 Å². The molecule has 0 aliphatic carbocycles. The number of guanidine groups is 1. The number of carboxylic acids is 2. The van der Waals surface area contributed by atoms with Crippen molar-refractivity contribution in [3.8, 4) is 0 Å². The largest absolute Gasteiger partial charge is 0.480 e. The Labute approximate surface area is 98.9 Å². The molecule has 0 amide bonds. The zero-order chi connectivity index (χ0) is 13.4. The van der Waals surface area contributed by atoms with Gasteiger partial charge in [-0.3, -0.25) is 15.0 Å². The summed E-state index contributed by atoms with van der Waals surface area (Å²) in [6.07, 6.45) is 1.78. The second kappa shape index (κ2) is 7.44. The highest BCUT2D eigenvalue weighted by atomic mass is 16.4. The number of carbonyl (C=O) groups is 2. The lowest BCUT2D eigenvalue weighted by molar-refractivity contribution is -0.139. The van der Waals surface area contributed by atoms with Crippen LogP contribution in [0.15, 0.2) is 0 Å². The first-order valence-corrected chi connectivity index (χ1v) is 5.07. The van der Waals surface area contributed by atoms with Crippen LogP contribution in [0.2, 0.25) is 0 Å². The molecular weight excluding hydrogens is 228 g/mol. The minimum absolute atomic E-state index is 0.227. The number of likely N-dealkylation sites (N-methyl/N-ethyl adjacent to an activating group) is 1. The third-order valence-corrected chi connectivity index (χ3v) is 2.14. The van der Waals surface area contributed by atoms with Gasteiger partial charge in [0.25, 0.3) is 0 Å². The number of hydrogen-bond donors (Lipinski definition) is 5. The summed E-state index contributed by atoms with van der Waals surface area (Å²) in [5.74, 6) is -1.95. The lowest BCUT2D eigenvalue weighted by Gasteiger charge is -2.12. The van der Waals surface area contributed by atoms with E-state index in [1.54, 1.807) is 0 Å². The fraction of sp³-hybridized carbons (Fsp3) is 0.667. The summed E-state index contributed by atoms with van der Waals surface area (Å²) < 4.78 is 0. The van der Waals surface area contributed by atoms with Crippen LogP contribution in [0.5, 0.6) is 0 Å². The molecule has 0 aromatic carbocycles. The molecule has 0 spiro atoms. The lowest BCUT2D eigenvalue weighted by atomic mass is 10.2. The first kappa shape index (κ1) is 15.2. The van der Waals surface area contributed by atoms with Crippen LogP contribution in [0.4, 0.5) is 0 Å². The molecule has 1 aliphatic rings. The Bertz CT molecular complexity index is 289. The first-order valence-electron chi connectivity index (χ1n) is 5.07. The summed E-state index contributed by atoms with van der Waals surface area (Å²) in [7, 11) is 1.44. The van der Waals surface area contributed by atoms with Crippen LogP contribution in [-0.2, 0) is 9.59 Å². The lowest BCUT2D eigenvalue weighted by Crippen LogP contribution is -2.36. The highest BCUT2D eigenvalue weighted by Gasteiger charge is 2.20. The number of aliphatic carboxylic acids is 2. The SMILES string of the molecule is CN(CC(=O)O)C(=N)N.O=C(O)[C@@H]1CCCN1. The monoisotopic (exact) mass is 246 g/mol. The van der Waals surface area contributed by atoms with Crippen molar-refractivity contribution in [3.63, 3.8) is 0 Å². The predicted octanol–water partition coefficient (Wildman–Crippen LogP) is -1.28. The van der Waals surface area contributed by atoms with E-state index in [9.17, 15) is 9.59 Å². The molecule has 17 heavy (non-hydrogen) atoms. The molecule has 1 aliphatic heterocycles. The van der Waals surface area contributed by atoms with Gasteiger partial charge >= 0.3 is 11.9 Å². The second-order valence-corrected chi connectivity index (χ2v) is 3.62. The topological polar surface area (TPSA) is 140 Å². The van der Waals surface area contributed by atoms with Crippen molar-refractivity contribution >= 4 is 17.9 Å². The van der Waals surface area contributed by atoms with Crippen molar-refractivity contribution < 1.29 is 19.8 Å². The number of nitrogens with one attached hydrogen (secondary N) is 2. The molecule has 1 atom stereocenters. The van der Waals surface area contributed by atoms with E-state index in [0.29, 0.717) is 0 Å². The Morgan fingerprint density at radius 3 is 2.29 bits per heavy atom. The fourth-order valence-corrected chi connectivity index (χ4v) is 1.18. The van der Waals surface area contributed by atoms with Crippen LogP contribution in [0.1, 0.15) is 12.8 Å². The van der Waals surface area contributed by atoms with Gasteiger partial charge in [-0.1, -0.05) is 0 Å². The molecular formula is C9H18N4O4. The third-order valence-electron chi connectivity index (χ3n) is 2.14. The maximum Gasteiger partial charge on any atom is 0.323 e. The molecule has 1 saturated heterocycles. The van der Waals surface area contributed by atoms with Gasteiger partial charge in [0.1, 0.15) is 12.6 Å². The van der Waals surface area contributed by atoms with E-state index < -0.39 is 11.9 Å². The highest BCUT2D eigenvalue weighted by molar-refractivity contribution is 5.80. The molecule has 0 aromatic rings. The molecule has 1 heterocycles. The Morgan fingerprint density at radius 2 is 2.12 bits per heavy atom. The molecule has 8 heteroatoms. The van der Waals surface area contributed by atoms with E-state index in [2.05, 4.69) is 5.32 Å². The van der Waals surface area contributed by atoms with Crippen LogP contribution in [-0.4, -0.2) is 59.2 Å². The molecule has 8 nitrogen and oxygen atoms in total. The highest BCUT2D eigenvalue weighted by Crippen LogP contribution is 2.03. The third kappa shape index (κ3) is 7.12. The zero-order valence-corrected chi connectivity index (χ0v) is 9.64. The van der Waals surface area contributed by atoms with Gasteiger partial charge in [-0.15, -0.1) is 0 Å². The number of rotatable bonds is 3. The first-order chi connectivity index (χ1) is 7.84. The van der Waals surface area contributed by atoms with Gasteiger partial charge in [0.2, 0.25) is 0 Å². The molecule has 1 rings (SSSR count). The van der Waals surface area contributed by atoms with Crippen molar-refractivity contribution in [2.75, 3.05) is 20.1 Å². The minimum Gasteiger partial charge on any atom is -0.480 e. The Kier molecular flexibility index (Phi) is 6.64. The summed E-state index contributed by atoms with van der Waals surface area (Å²) in [6.45, 7) is 0.631. The van der Waals surface area contributed by atoms with Crippen molar-refractivity contribution in [2.24, 2.45) is 5.73 Å². The maximum atomic E-state index is 10.1. The zero-order valence-electron chi connectivity index (χ0n) is 9.64. The van der Waals surface area contributed by atoms with E-state index in [1.807, 2.05) is 0 Å². The Morgan fingerprint density at radius 1 is 1.53 bits per heavy atom. The minimum atomic E-state index is -0.993. The van der Waals surface area contributed by atoms with Crippen molar-refractivity contribution in [1.29, 1.82) is 5.41 Å². The maximum absolute atomic E-state index is 10.1. The normalized spacial score (nSPS) is 17.8. The Hall–Kier alpha value is -1.83. The predicted molar refractivity (Wildman–Crippen MR) is 60.8 cm³/mol. The summed E-state index contributed by atoms with van der Waals surface area (Å²) in [5, 5.41) is 26.1. The van der Waals surface area contributed by atoms with Gasteiger partial charge in [0.05, 0.1) is 0 Å². The molecule has 0 bridgehead atoms. The molecule has 0 aromatic heterocycles. The van der Waals surface area contributed by atoms with Crippen LogP contribution < -0.4 is 11.1 Å². The molecule has 6 N–H and O–H groups in total. The average molecular weight is 246 g/mol. The summed E-state index contributed by atoms with van der Waals surface area (Å²) in [5.41, 5.74) is 4.93. The van der Waals surface area contributed by atoms with Crippen LogP contribution in [0.25, 0.3) is 0 Å². The number of carboxylic acid groups (broad SMARTS) is 2. The number of hydrogen-bond acceptors (Lipinski definition) is 4.